The summed E-state index contributed by atoms with van der Waals surface area (Å²) >= 11 is 7.39. The van der Waals surface area contributed by atoms with Crippen LogP contribution in [-0.2, 0) is 16.4 Å². The average Bonchev–Trinajstić information content (AvgIpc) is 3.45. The van der Waals surface area contributed by atoms with Gasteiger partial charge in [-0.05, 0) is 53.4 Å². The Morgan fingerprint density at radius 2 is 1.97 bits per heavy atom. The molecule has 0 saturated heterocycles. The van der Waals surface area contributed by atoms with Crippen LogP contribution in [0.5, 0.6) is 5.75 Å². The molecule has 3 heterocycles. The van der Waals surface area contributed by atoms with Crippen molar-refractivity contribution in [1.29, 1.82) is 0 Å². The summed E-state index contributed by atoms with van der Waals surface area (Å²) in [7, 11) is -2.32. The molecule has 11 heteroatoms. The van der Waals surface area contributed by atoms with Crippen molar-refractivity contribution < 1.29 is 13.2 Å². The van der Waals surface area contributed by atoms with Gasteiger partial charge in [-0.1, -0.05) is 28.9 Å². The lowest BCUT2D eigenvalue weighted by atomic mass is 10.2. The quantitative estimate of drug-likeness (QED) is 0.379. The lowest BCUT2D eigenvalue weighted by Gasteiger charge is -2.09. The van der Waals surface area contributed by atoms with Crippen LogP contribution in [0.2, 0.25) is 5.02 Å². The smallest absolute Gasteiger partial charge is 0.229 e. The van der Waals surface area contributed by atoms with Gasteiger partial charge in [0.1, 0.15) is 11.6 Å². The number of methoxy groups -OCH3 is 1. The third kappa shape index (κ3) is 3.56. The number of ether oxygens (including phenoxy) is 1. The Bertz CT molecular complexity index is 1550. The van der Waals surface area contributed by atoms with E-state index in [2.05, 4.69) is 20.6 Å². The largest absolute Gasteiger partial charge is 0.497 e. The van der Waals surface area contributed by atoms with E-state index in [1.165, 1.54) is 40.1 Å². The molecule has 32 heavy (non-hydrogen) atoms. The highest BCUT2D eigenvalue weighted by molar-refractivity contribution is 7.91. The van der Waals surface area contributed by atoms with E-state index < -0.39 is 9.84 Å². The Labute approximate surface area is 192 Å². The topological polar surface area (TPSA) is 98.5 Å². The average molecular weight is 486 g/mol. The van der Waals surface area contributed by atoms with Crippen LogP contribution >= 0.6 is 22.9 Å². The van der Waals surface area contributed by atoms with Crippen LogP contribution in [0.4, 0.5) is 5.82 Å². The minimum atomic E-state index is -3.94. The molecule has 0 aliphatic rings. The molecular formula is C21H16ClN5O3S2. The lowest BCUT2D eigenvalue weighted by molar-refractivity contribution is 0.414. The van der Waals surface area contributed by atoms with Crippen LogP contribution in [0.25, 0.3) is 15.9 Å². The van der Waals surface area contributed by atoms with E-state index in [1.54, 1.807) is 7.11 Å². The summed E-state index contributed by atoms with van der Waals surface area (Å²) in [6, 6.07) is 15.4. The highest BCUT2D eigenvalue weighted by Gasteiger charge is 2.27. The lowest BCUT2D eigenvalue weighted by Crippen LogP contribution is -2.06. The maximum Gasteiger partial charge on any atom is 0.229 e. The summed E-state index contributed by atoms with van der Waals surface area (Å²) in [6.07, 6.45) is 0. The Balaban J connectivity index is 1.59. The molecule has 5 aromatic rings. The van der Waals surface area contributed by atoms with E-state index >= 15 is 0 Å². The van der Waals surface area contributed by atoms with Gasteiger partial charge in [-0.25, -0.2) is 13.4 Å². The van der Waals surface area contributed by atoms with Gasteiger partial charge in [0.25, 0.3) is 0 Å². The SMILES string of the molecule is COc1cccc(CNc2nc3c(S(=O)(=O)c4ccc(Cl)cc4)nnn3c3ccsc23)c1. The van der Waals surface area contributed by atoms with Gasteiger partial charge in [-0.2, -0.15) is 4.52 Å². The predicted molar refractivity (Wildman–Crippen MR) is 123 cm³/mol. The van der Waals surface area contributed by atoms with Gasteiger partial charge in [-0.3, -0.25) is 0 Å². The van der Waals surface area contributed by atoms with Crippen LogP contribution in [0.1, 0.15) is 5.56 Å². The van der Waals surface area contributed by atoms with Gasteiger partial charge in [0.2, 0.25) is 14.9 Å². The fourth-order valence-corrected chi connectivity index (χ4v) is 5.51. The van der Waals surface area contributed by atoms with E-state index in [-0.39, 0.29) is 15.6 Å². The van der Waals surface area contributed by atoms with Crippen molar-refractivity contribution in [1.82, 2.24) is 19.8 Å². The number of sulfone groups is 1. The summed E-state index contributed by atoms with van der Waals surface area (Å²) in [5.74, 6) is 1.31. The molecule has 3 aromatic heterocycles. The first-order chi connectivity index (χ1) is 15.5. The number of fused-ring (bicyclic) bond motifs is 3. The zero-order valence-corrected chi connectivity index (χ0v) is 19.1. The second kappa shape index (κ2) is 8.05. The van der Waals surface area contributed by atoms with Gasteiger partial charge in [0.15, 0.2) is 5.65 Å². The molecule has 0 unspecified atom stereocenters. The third-order valence-corrected chi connectivity index (χ3v) is 7.72. The first-order valence-corrected chi connectivity index (χ1v) is 12.2. The van der Waals surface area contributed by atoms with Gasteiger partial charge in [0.05, 0.1) is 22.2 Å². The number of hydrogen-bond acceptors (Lipinski definition) is 8. The number of nitrogens with zero attached hydrogens (tertiary/aromatic N) is 4. The van der Waals surface area contributed by atoms with E-state index in [9.17, 15) is 8.42 Å². The van der Waals surface area contributed by atoms with Crippen LogP contribution in [-0.4, -0.2) is 35.3 Å². The number of benzene rings is 2. The first-order valence-electron chi connectivity index (χ1n) is 9.47. The monoisotopic (exact) mass is 485 g/mol. The van der Waals surface area contributed by atoms with Crippen molar-refractivity contribution >= 4 is 54.5 Å². The van der Waals surface area contributed by atoms with Crippen molar-refractivity contribution in [2.45, 2.75) is 16.5 Å². The molecule has 0 bridgehead atoms. The predicted octanol–water partition coefficient (Wildman–Crippen LogP) is 4.45. The normalized spacial score (nSPS) is 11.8. The molecule has 5 rings (SSSR count). The van der Waals surface area contributed by atoms with Gasteiger partial charge in [0, 0.05) is 11.6 Å². The molecule has 0 aliphatic carbocycles. The molecule has 0 saturated carbocycles. The number of halogens is 1. The second-order valence-electron chi connectivity index (χ2n) is 6.89. The number of aromatic nitrogens is 4. The molecule has 162 valence electrons. The van der Waals surface area contributed by atoms with Gasteiger partial charge < -0.3 is 10.1 Å². The minimum Gasteiger partial charge on any atom is -0.497 e. The van der Waals surface area contributed by atoms with E-state index in [0.29, 0.717) is 17.4 Å². The fraction of sp³-hybridized carbons (Fsp3) is 0.0952. The third-order valence-electron chi connectivity index (χ3n) is 4.89. The van der Waals surface area contributed by atoms with E-state index in [4.69, 9.17) is 16.3 Å². The van der Waals surface area contributed by atoms with Crippen molar-refractivity contribution in [3.05, 3.63) is 70.6 Å². The van der Waals surface area contributed by atoms with Crippen molar-refractivity contribution in [3.63, 3.8) is 0 Å². The molecule has 0 amide bonds. The zero-order valence-electron chi connectivity index (χ0n) is 16.7. The van der Waals surface area contributed by atoms with Gasteiger partial charge in [-0.15, -0.1) is 16.4 Å². The first kappa shape index (κ1) is 20.7. The standard InChI is InChI=1S/C21H16ClN5O3S2/c1-30-15-4-2-3-13(11-15)12-23-19-18-17(9-10-31-18)27-20(24-19)21(25-26-27)32(28,29)16-7-5-14(22)6-8-16/h2-11H,12H2,1H3,(H,23,24). The summed E-state index contributed by atoms with van der Waals surface area (Å²) in [6.45, 7) is 0.480. The summed E-state index contributed by atoms with van der Waals surface area (Å²) in [4.78, 5) is 4.67. The van der Waals surface area contributed by atoms with E-state index in [0.717, 1.165) is 21.5 Å². The van der Waals surface area contributed by atoms with Crippen molar-refractivity contribution in [3.8, 4) is 5.75 Å². The maximum atomic E-state index is 13.2. The summed E-state index contributed by atoms with van der Waals surface area (Å²) in [5, 5.41) is 13.5. The molecule has 0 radical (unpaired) electrons. The Morgan fingerprint density at radius 3 is 2.75 bits per heavy atom. The van der Waals surface area contributed by atoms with Crippen LogP contribution in [0.3, 0.4) is 0 Å². The number of thiophene rings is 1. The number of anilines is 1. The Morgan fingerprint density at radius 1 is 1.16 bits per heavy atom. The summed E-state index contributed by atoms with van der Waals surface area (Å²) in [5.41, 5.74) is 1.87. The molecule has 0 spiro atoms. The molecule has 0 fully saturated rings. The van der Waals surface area contributed by atoms with Crippen molar-refractivity contribution in [2.75, 3.05) is 12.4 Å². The van der Waals surface area contributed by atoms with Crippen LogP contribution < -0.4 is 10.1 Å². The highest BCUT2D eigenvalue weighted by Crippen LogP contribution is 2.31. The number of hydrogen-bond donors (Lipinski definition) is 1. The van der Waals surface area contributed by atoms with Crippen molar-refractivity contribution in [2.24, 2.45) is 0 Å². The van der Waals surface area contributed by atoms with Crippen LogP contribution in [0.15, 0.2) is 69.9 Å². The number of rotatable bonds is 6. The molecule has 8 nitrogen and oxygen atoms in total. The zero-order chi connectivity index (χ0) is 22.3. The van der Waals surface area contributed by atoms with E-state index in [1.807, 2.05) is 35.7 Å². The van der Waals surface area contributed by atoms with Gasteiger partial charge >= 0.3 is 0 Å². The molecule has 0 atom stereocenters. The molecular weight excluding hydrogens is 470 g/mol. The second-order valence-corrected chi connectivity index (χ2v) is 10.1. The molecule has 0 aliphatic heterocycles. The summed E-state index contributed by atoms with van der Waals surface area (Å²) < 4.78 is 34.0. The number of nitrogens with one attached hydrogen (secondary N) is 1. The Kier molecular flexibility index (Phi) is 5.20. The fourth-order valence-electron chi connectivity index (χ4n) is 3.31. The Hall–Kier alpha value is -3.21. The molecule has 1 N–H and O–H groups in total. The highest BCUT2D eigenvalue weighted by atomic mass is 35.5. The van der Waals surface area contributed by atoms with Crippen LogP contribution in [0, 0.1) is 0 Å². The maximum absolute atomic E-state index is 13.2. The molecule has 2 aromatic carbocycles. The minimum absolute atomic E-state index is 0.0717.